The number of nitrogens with two attached hydrogens (primary N) is 1. The molecule has 3 N–H and O–H groups in total. The summed E-state index contributed by atoms with van der Waals surface area (Å²) in [5.41, 5.74) is 3.63. The van der Waals surface area contributed by atoms with Crippen LogP contribution < -0.4 is 11.3 Å². The van der Waals surface area contributed by atoms with Crippen molar-refractivity contribution in [3.05, 3.63) is 34.6 Å². The van der Waals surface area contributed by atoms with Crippen LogP contribution in [0.3, 0.4) is 0 Å². The van der Waals surface area contributed by atoms with Gasteiger partial charge in [-0.15, -0.1) is 0 Å². The minimum Gasteiger partial charge on any atom is -0.378 e. The van der Waals surface area contributed by atoms with E-state index < -0.39 is 0 Å². The van der Waals surface area contributed by atoms with Crippen LogP contribution in [0.1, 0.15) is 25.3 Å². The summed E-state index contributed by atoms with van der Waals surface area (Å²) >= 11 is 6.00. The first-order chi connectivity index (χ1) is 9.17. The zero-order valence-electron chi connectivity index (χ0n) is 11.0. The van der Waals surface area contributed by atoms with Crippen LogP contribution >= 0.6 is 11.6 Å². The van der Waals surface area contributed by atoms with Gasteiger partial charge < -0.3 is 4.74 Å². The second-order valence-corrected chi connectivity index (χ2v) is 5.34. The molecular weight excluding hydrogens is 267 g/mol. The molecule has 1 aliphatic rings. The maximum absolute atomic E-state index is 13.4. The Labute approximate surface area is 118 Å². The van der Waals surface area contributed by atoms with Gasteiger partial charge in [0.05, 0.1) is 11.1 Å². The predicted molar refractivity (Wildman–Crippen MR) is 74.4 cm³/mol. The van der Waals surface area contributed by atoms with E-state index in [0.717, 1.165) is 25.0 Å². The lowest BCUT2D eigenvalue weighted by atomic mass is 9.87. The van der Waals surface area contributed by atoms with Crippen LogP contribution in [0.25, 0.3) is 0 Å². The minimum absolute atomic E-state index is 0.0479. The number of hydrazine groups is 1. The third-order valence-corrected chi connectivity index (χ3v) is 4.29. The molecule has 1 aliphatic heterocycles. The van der Waals surface area contributed by atoms with E-state index >= 15 is 0 Å². The van der Waals surface area contributed by atoms with Gasteiger partial charge in [0.25, 0.3) is 0 Å². The van der Waals surface area contributed by atoms with Gasteiger partial charge in [0.2, 0.25) is 0 Å². The van der Waals surface area contributed by atoms with Gasteiger partial charge in [0.1, 0.15) is 5.82 Å². The standard InChI is InChI=1S/C14H20ClFN2O/c1-2-13-10(6-7-19-13)12(18-17)8-9-4-3-5-11(16)14(9)15/h3-5,10,12-13,18H,2,6-8,17H2,1H3. The summed E-state index contributed by atoms with van der Waals surface area (Å²) in [6.45, 7) is 2.87. The topological polar surface area (TPSA) is 47.3 Å². The molecular formula is C14H20ClFN2O. The fourth-order valence-electron chi connectivity index (χ4n) is 2.82. The molecule has 0 spiro atoms. The molecule has 3 nitrogen and oxygen atoms in total. The number of hydrogen-bond acceptors (Lipinski definition) is 3. The molecule has 0 radical (unpaired) electrons. The van der Waals surface area contributed by atoms with Crippen molar-refractivity contribution < 1.29 is 9.13 Å². The highest BCUT2D eigenvalue weighted by Gasteiger charge is 2.33. The Kier molecular flexibility index (Phi) is 5.16. The highest BCUT2D eigenvalue weighted by molar-refractivity contribution is 6.31. The predicted octanol–water partition coefficient (Wildman–Crippen LogP) is 2.67. The van der Waals surface area contributed by atoms with Crippen molar-refractivity contribution in [2.75, 3.05) is 6.61 Å². The molecule has 3 atom stereocenters. The average molecular weight is 287 g/mol. The van der Waals surface area contributed by atoms with E-state index in [-0.39, 0.29) is 23.0 Å². The summed E-state index contributed by atoms with van der Waals surface area (Å²) in [6.07, 6.45) is 2.76. The van der Waals surface area contributed by atoms with Gasteiger partial charge in [-0.2, -0.15) is 0 Å². The van der Waals surface area contributed by atoms with E-state index in [9.17, 15) is 4.39 Å². The largest absolute Gasteiger partial charge is 0.378 e. The molecule has 1 heterocycles. The minimum atomic E-state index is -0.385. The Balaban J connectivity index is 2.12. The van der Waals surface area contributed by atoms with Crippen LogP contribution in [-0.2, 0) is 11.2 Å². The Hall–Kier alpha value is -0.680. The average Bonchev–Trinajstić information content (AvgIpc) is 2.88. The summed E-state index contributed by atoms with van der Waals surface area (Å²) in [5, 5.41) is 0.190. The highest BCUT2D eigenvalue weighted by Crippen LogP contribution is 2.29. The Morgan fingerprint density at radius 3 is 3.05 bits per heavy atom. The van der Waals surface area contributed by atoms with Crippen LogP contribution in [0, 0.1) is 11.7 Å². The lowest BCUT2D eigenvalue weighted by Gasteiger charge is -2.26. The van der Waals surface area contributed by atoms with E-state index in [0.29, 0.717) is 12.3 Å². The number of rotatable bonds is 5. The van der Waals surface area contributed by atoms with Gasteiger partial charge in [-0.25, -0.2) is 4.39 Å². The summed E-state index contributed by atoms with van der Waals surface area (Å²) in [4.78, 5) is 0. The maximum Gasteiger partial charge on any atom is 0.142 e. The van der Waals surface area contributed by atoms with E-state index in [1.54, 1.807) is 6.07 Å². The Bertz CT molecular complexity index is 430. The van der Waals surface area contributed by atoms with Gasteiger partial charge >= 0.3 is 0 Å². The first-order valence-electron chi connectivity index (χ1n) is 6.68. The first kappa shape index (κ1) is 14.7. The van der Waals surface area contributed by atoms with Crippen LogP contribution in [0.5, 0.6) is 0 Å². The van der Waals surface area contributed by atoms with Crippen LogP contribution in [0.15, 0.2) is 18.2 Å². The monoisotopic (exact) mass is 286 g/mol. The van der Waals surface area contributed by atoms with Crippen LogP contribution in [-0.4, -0.2) is 18.8 Å². The molecule has 0 aromatic heterocycles. The summed E-state index contributed by atoms with van der Waals surface area (Å²) in [7, 11) is 0. The Morgan fingerprint density at radius 2 is 2.37 bits per heavy atom. The lowest BCUT2D eigenvalue weighted by molar-refractivity contribution is 0.0774. The summed E-state index contributed by atoms with van der Waals surface area (Å²) < 4.78 is 19.1. The molecule has 1 aromatic rings. The van der Waals surface area contributed by atoms with Gasteiger partial charge in [-0.3, -0.25) is 11.3 Å². The van der Waals surface area contributed by atoms with Gasteiger partial charge in [-0.1, -0.05) is 30.7 Å². The molecule has 1 saturated heterocycles. The normalized spacial score (nSPS) is 24.6. The van der Waals surface area contributed by atoms with Crippen molar-refractivity contribution in [1.29, 1.82) is 0 Å². The maximum atomic E-state index is 13.4. The van der Waals surface area contributed by atoms with E-state index in [1.165, 1.54) is 6.07 Å². The van der Waals surface area contributed by atoms with Crippen LogP contribution in [0.4, 0.5) is 4.39 Å². The quantitative estimate of drug-likeness (QED) is 0.646. The molecule has 19 heavy (non-hydrogen) atoms. The summed E-state index contributed by atoms with van der Waals surface area (Å²) in [5.74, 6) is 5.62. The van der Waals surface area contributed by atoms with Crippen LogP contribution in [0.2, 0.25) is 5.02 Å². The molecule has 1 aromatic carbocycles. The van der Waals surface area contributed by atoms with Crippen molar-refractivity contribution in [2.24, 2.45) is 11.8 Å². The van der Waals surface area contributed by atoms with E-state index in [4.69, 9.17) is 22.2 Å². The van der Waals surface area contributed by atoms with Gasteiger partial charge in [-0.05, 0) is 30.9 Å². The number of hydrogen-bond donors (Lipinski definition) is 2. The zero-order valence-corrected chi connectivity index (χ0v) is 11.8. The van der Waals surface area contributed by atoms with E-state index in [2.05, 4.69) is 12.3 Å². The molecule has 0 bridgehead atoms. The van der Waals surface area contributed by atoms with Gasteiger partial charge in [0.15, 0.2) is 0 Å². The molecule has 106 valence electrons. The number of nitrogens with one attached hydrogen (secondary N) is 1. The summed E-state index contributed by atoms with van der Waals surface area (Å²) in [6, 6.07) is 4.93. The van der Waals surface area contributed by atoms with Crippen molar-refractivity contribution >= 4 is 11.6 Å². The third-order valence-electron chi connectivity index (χ3n) is 3.87. The fourth-order valence-corrected chi connectivity index (χ4v) is 3.03. The number of halogens is 2. The molecule has 2 rings (SSSR count). The lowest BCUT2D eigenvalue weighted by Crippen LogP contribution is -2.45. The fraction of sp³-hybridized carbons (Fsp3) is 0.571. The molecule has 0 aliphatic carbocycles. The molecule has 0 saturated carbocycles. The molecule has 0 amide bonds. The smallest absolute Gasteiger partial charge is 0.142 e. The number of ether oxygens (including phenoxy) is 1. The van der Waals surface area contributed by atoms with Gasteiger partial charge in [0, 0.05) is 18.6 Å². The van der Waals surface area contributed by atoms with Crippen molar-refractivity contribution in [3.63, 3.8) is 0 Å². The van der Waals surface area contributed by atoms with Crippen molar-refractivity contribution in [1.82, 2.24) is 5.43 Å². The second-order valence-electron chi connectivity index (χ2n) is 4.96. The molecule has 5 heteroatoms. The second kappa shape index (κ2) is 6.66. The highest BCUT2D eigenvalue weighted by atomic mass is 35.5. The molecule has 1 fully saturated rings. The third kappa shape index (κ3) is 3.26. The number of benzene rings is 1. The Morgan fingerprint density at radius 1 is 1.58 bits per heavy atom. The SMILES string of the molecule is CCC1OCCC1C(Cc1cccc(F)c1Cl)NN. The zero-order chi connectivity index (χ0) is 13.8. The van der Waals surface area contributed by atoms with Crippen molar-refractivity contribution in [2.45, 2.75) is 38.3 Å². The van der Waals surface area contributed by atoms with Crippen molar-refractivity contribution in [3.8, 4) is 0 Å². The first-order valence-corrected chi connectivity index (χ1v) is 7.05. The molecule has 3 unspecified atom stereocenters. The van der Waals surface area contributed by atoms with E-state index in [1.807, 2.05) is 6.07 Å².